The average Bonchev–Trinajstić information content (AvgIpc) is 2.30. The molecule has 4 nitrogen and oxygen atoms in total. The van der Waals surface area contributed by atoms with Gasteiger partial charge in [0.05, 0.1) is 0 Å². The zero-order chi connectivity index (χ0) is 12.8. The number of aromatic nitrogens is 1. The summed E-state index contributed by atoms with van der Waals surface area (Å²) in [6, 6.07) is 0.812. The molecule has 0 spiro atoms. The number of nitrogens with two attached hydrogens (primary N) is 1. The number of hydrazine groups is 1. The summed E-state index contributed by atoms with van der Waals surface area (Å²) in [4.78, 5) is 3.73. The summed E-state index contributed by atoms with van der Waals surface area (Å²) in [5, 5.41) is 2.89. The Bertz CT molecular complexity index is 376. The highest BCUT2D eigenvalue weighted by Crippen LogP contribution is 2.19. The van der Waals surface area contributed by atoms with Gasteiger partial charge in [-0.3, -0.25) is 0 Å². The lowest BCUT2D eigenvalue weighted by Gasteiger charge is -2.15. The van der Waals surface area contributed by atoms with E-state index in [0.29, 0.717) is 0 Å². The van der Waals surface area contributed by atoms with Gasteiger partial charge in [-0.1, -0.05) is 0 Å². The van der Waals surface area contributed by atoms with Crippen LogP contribution in [0.15, 0.2) is 6.07 Å². The van der Waals surface area contributed by atoms with E-state index in [-0.39, 0.29) is 17.7 Å². The van der Waals surface area contributed by atoms with Crippen LogP contribution in [0.25, 0.3) is 0 Å². The van der Waals surface area contributed by atoms with E-state index < -0.39 is 11.6 Å². The molecule has 0 saturated carbocycles. The number of nitrogens with zero attached hydrogens (tertiary/aromatic N) is 1. The van der Waals surface area contributed by atoms with E-state index >= 15 is 0 Å². The van der Waals surface area contributed by atoms with Crippen LogP contribution >= 0.6 is 11.8 Å². The number of pyridine rings is 1. The summed E-state index contributed by atoms with van der Waals surface area (Å²) in [5.74, 6) is 4.33. The van der Waals surface area contributed by atoms with E-state index in [4.69, 9.17) is 5.84 Å². The number of nitrogen functional groups attached to an aromatic ring is 1. The van der Waals surface area contributed by atoms with Gasteiger partial charge in [-0.2, -0.15) is 11.8 Å². The van der Waals surface area contributed by atoms with Gasteiger partial charge in [0.25, 0.3) is 0 Å². The Kier molecular flexibility index (Phi) is 5.43. The van der Waals surface area contributed by atoms with Crippen LogP contribution in [0.1, 0.15) is 13.3 Å². The molecule has 4 N–H and O–H groups in total. The van der Waals surface area contributed by atoms with Crippen molar-refractivity contribution < 1.29 is 8.78 Å². The quantitative estimate of drug-likeness (QED) is 0.542. The molecule has 96 valence electrons. The zero-order valence-electron chi connectivity index (χ0n) is 9.76. The number of rotatable bonds is 6. The summed E-state index contributed by atoms with van der Waals surface area (Å²) in [7, 11) is 0. The second kappa shape index (κ2) is 6.61. The standard InChI is InChI=1S/C10H16F2N4S/c1-6(3-4-17-2)14-9-7(11)5-8(12)10(15-9)16-13/h5-6H,3-4,13H2,1-2H3,(H2,14,15,16). The van der Waals surface area contributed by atoms with Crippen LogP contribution in [0.5, 0.6) is 0 Å². The number of nitrogens with one attached hydrogen (secondary N) is 2. The third kappa shape index (κ3) is 4.01. The van der Waals surface area contributed by atoms with Crippen molar-refractivity contribution in [2.24, 2.45) is 5.84 Å². The van der Waals surface area contributed by atoms with Crippen molar-refractivity contribution in [2.75, 3.05) is 22.8 Å². The molecule has 0 bridgehead atoms. The molecular formula is C10H16F2N4S. The molecular weight excluding hydrogens is 246 g/mol. The molecule has 7 heteroatoms. The molecule has 0 radical (unpaired) electrons. The Hall–Kier alpha value is -1.08. The predicted molar refractivity (Wildman–Crippen MR) is 68.0 cm³/mol. The fourth-order valence-corrected chi connectivity index (χ4v) is 1.86. The first-order chi connectivity index (χ1) is 8.08. The number of anilines is 2. The monoisotopic (exact) mass is 262 g/mol. The zero-order valence-corrected chi connectivity index (χ0v) is 10.6. The Balaban J connectivity index is 2.76. The maximum atomic E-state index is 13.4. The van der Waals surface area contributed by atoms with Gasteiger partial charge in [-0.15, -0.1) is 0 Å². The Morgan fingerprint density at radius 1 is 1.41 bits per heavy atom. The minimum absolute atomic E-state index is 0.00736. The predicted octanol–water partition coefficient (Wildman–Crippen LogP) is 2.20. The molecule has 0 aliphatic heterocycles. The van der Waals surface area contributed by atoms with Crippen LogP contribution in [-0.4, -0.2) is 23.0 Å². The van der Waals surface area contributed by atoms with Crippen LogP contribution in [0.4, 0.5) is 20.4 Å². The lowest BCUT2D eigenvalue weighted by Crippen LogP contribution is -2.19. The van der Waals surface area contributed by atoms with Crippen LogP contribution in [0.3, 0.4) is 0 Å². The molecule has 0 amide bonds. The lowest BCUT2D eigenvalue weighted by atomic mass is 10.2. The summed E-state index contributed by atoms with van der Waals surface area (Å²) in [6.07, 6.45) is 2.87. The molecule has 1 aromatic heterocycles. The van der Waals surface area contributed by atoms with Crippen molar-refractivity contribution in [1.82, 2.24) is 4.98 Å². The molecule has 1 rings (SSSR count). The summed E-state index contributed by atoms with van der Waals surface area (Å²) in [5.41, 5.74) is 2.08. The first-order valence-electron chi connectivity index (χ1n) is 5.16. The fraction of sp³-hybridized carbons (Fsp3) is 0.500. The van der Waals surface area contributed by atoms with E-state index in [1.54, 1.807) is 11.8 Å². The summed E-state index contributed by atoms with van der Waals surface area (Å²) >= 11 is 1.71. The molecule has 0 fully saturated rings. The van der Waals surface area contributed by atoms with Crippen LogP contribution < -0.4 is 16.6 Å². The molecule has 0 saturated heterocycles. The molecule has 1 atom stereocenters. The molecule has 1 heterocycles. The maximum absolute atomic E-state index is 13.4. The molecule has 0 aromatic carbocycles. The molecule has 1 unspecified atom stereocenters. The molecule has 1 aromatic rings. The second-order valence-electron chi connectivity index (χ2n) is 3.62. The first-order valence-corrected chi connectivity index (χ1v) is 6.56. The number of halogens is 2. The van der Waals surface area contributed by atoms with Gasteiger partial charge in [0, 0.05) is 12.1 Å². The van der Waals surface area contributed by atoms with Crippen molar-refractivity contribution in [1.29, 1.82) is 0 Å². The topological polar surface area (TPSA) is 63.0 Å². The van der Waals surface area contributed by atoms with E-state index in [9.17, 15) is 8.78 Å². The third-order valence-corrected chi connectivity index (χ3v) is 2.85. The van der Waals surface area contributed by atoms with Gasteiger partial charge in [0.2, 0.25) is 0 Å². The highest BCUT2D eigenvalue weighted by atomic mass is 32.2. The average molecular weight is 262 g/mol. The second-order valence-corrected chi connectivity index (χ2v) is 4.61. The van der Waals surface area contributed by atoms with Crippen LogP contribution in [-0.2, 0) is 0 Å². The number of hydrogen-bond acceptors (Lipinski definition) is 5. The fourth-order valence-electron chi connectivity index (χ4n) is 1.27. The minimum Gasteiger partial charge on any atom is -0.365 e. The van der Waals surface area contributed by atoms with Gasteiger partial charge < -0.3 is 10.7 Å². The minimum atomic E-state index is -0.813. The smallest absolute Gasteiger partial charge is 0.178 e. The van der Waals surface area contributed by atoms with Crippen LogP contribution in [0, 0.1) is 11.6 Å². The normalized spacial score (nSPS) is 12.3. The van der Waals surface area contributed by atoms with E-state index in [1.807, 2.05) is 13.2 Å². The van der Waals surface area contributed by atoms with E-state index in [2.05, 4.69) is 15.7 Å². The van der Waals surface area contributed by atoms with Crippen molar-refractivity contribution in [3.8, 4) is 0 Å². The van der Waals surface area contributed by atoms with Crippen molar-refractivity contribution in [3.05, 3.63) is 17.7 Å². The van der Waals surface area contributed by atoms with Crippen molar-refractivity contribution in [3.63, 3.8) is 0 Å². The van der Waals surface area contributed by atoms with Gasteiger partial charge in [-0.25, -0.2) is 19.6 Å². The van der Waals surface area contributed by atoms with E-state index in [0.717, 1.165) is 18.2 Å². The highest BCUT2D eigenvalue weighted by Gasteiger charge is 2.12. The summed E-state index contributed by atoms with van der Waals surface area (Å²) < 4.78 is 26.5. The SMILES string of the molecule is CSCCC(C)Nc1nc(NN)c(F)cc1F. The van der Waals surface area contributed by atoms with Crippen LogP contribution in [0.2, 0.25) is 0 Å². The Labute approximate surface area is 103 Å². The molecule has 17 heavy (non-hydrogen) atoms. The Morgan fingerprint density at radius 3 is 2.65 bits per heavy atom. The Morgan fingerprint density at radius 2 is 2.06 bits per heavy atom. The highest BCUT2D eigenvalue weighted by molar-refractivity contribution is 7.98. The number of thioether (sulfide) groups is 1. The first kappa shape index (κ1) is 14.0. The molecule has 0 aliphatic rings. The third-order valence-electron chi connectivity index (χ3n) is 2.20. The maximum Gasteiger partial charge on any atom is 0.178 e. The van der Waals surface area contributed by atoms with E-state index in [1.165, 1.54) is 0 Å². The van der Waals surface area contributed by atoms with Crippen molar-refractivity contribution >= 4 is 23.4 Å². The van der Waals surface area contributed by atoms with Gasteiger partial charge >= 0.3 is 0 Å². The number of hydrogen-bond donors (Lipinski definition) is 3. The largest absolute Gasteiger partial charge is 0.365 e. The molecule has 0 aliphatic carbocycles. The van der Waals surface area contributed by atoms with Gasteiger partial charge in [0.15, 0.2) is 23.3 Å². The van der Waals surface area contributed by atoms with Crippen molar-refractivity contribution in [2.45, 2.75) is 19.4 Å². The lowest BCUT2D eigenvalue weighted by molar-refractivity contribution is 0.575. The van der Waals surface area contributed by atoms with Gasteiger partial charge in [0.1, 0.15) is 0 Å². The van der Waals surface area contributed by atoms with Gasteiger partial charge in [-0.05, 0) is 25.4 Å². The summed E-state index contributed by atoms with van der Waals surface area (Å²) in [6.45, 7) is 1.91.